The second-order valence-electron chi connectivity index (χ2n) is 12.8. The fourth-order valence-electron chi connectivity index (χ4n) is 5.78. The van der Waals surface area contributed by atoms with E-state index < -0.39 is 24.2 Å². The lowest BCUT2D eigenvalue weighted by Gasteiger charge is -2.23. The number of hydrogen-bond acceptors (Lipinski definition) is 4. The van der Waals surface area contributed by atoms with Crippen LogP contribution in [0, 0.1) is 0 Å². The third-order valence-electron chi connectivity index (χ3n) is 8.73. The van der Waals surface area contributed by atoms with Crippen molar-refractivity contribution in [3.05, 3.63) is 0 Å². The van der Waals surface area contributed by atoms with Gasteiger partial charge in [0.1, 0.15) is 6.10 Å². The van der Waals surface area contributed by atoms with Gasteiger partial charge in [-0.3, -0.25) is 4.79 Å². The van der Waals surface area contributed by atoms with Crippen molar-refractivity contribution in [1.29, 1.82) is 0 Å². The summed E-state index contributed by atoms with van der Waals surface area (Å²) in [5.74, 6) is -0.469. The third-order valence-corrected chi connectivity index (χ3v) is 8.73. The first-order valence-electron chi connectivity index (χ1n) is 18.3. The summed E-state index contributed by atoms with van der Waals surface area (Å²) < 4.78 is 0. The molecule has 0 saturated carbocycles. The van der Waals surface area contributed by atoms with Gasteiger partial charge >= 0.3 is 0 Å². The standard InChI is InChI=1S/C36H73NO4/c1-3-5-7-9-11-13-15-17-19-21-23-25-27-29-31-35(40)36(41)37-33(32-38)34(39)30-28-26-24-22-20-18-16-14-12-10-8-6-4-2/h33-35,38-40H,3-32H2,1-2H3,(H,37,41)/t33-,34?,35?/m0/s1. The number of nitrogens with one attached hydrogen (secondary N) is 1. The highest BCUT2D eigenvalue weighted by molar-refractivity contribution is 5.80. The van der Waals surface area contributed by atoms with Crippen molar-refractivity contribution in [2.75, 3.05) is 6.61 Å². The third kappa shape index (κ3) is 27.9. The van der Waals surface area contributed by atoms with Crippen LogP contribution in [0.1, 0.15) is 200 Å². The van der Waals surface area contributed by atoms with E-state index in [4.69, 9.17) is 0 Å². The summed E-state index contributed by atoms with van der Waals surface area (Å²) in [7, 11) is 0. The van der Waals surface area contributed by atoms with Gasteiger partial charge in [-0.05, 0) is 12.8 Å². The molecule has 0 aromatic carbocycles. The van der Waals surface area contributed by atoms with Crippen molar-refractivity contribution < 1.29 is 20.1 Å². The van der Waals surface area contributed by atoms with Gasteiger partial charge in [-0.1, -0.05) is 187 Å². The van der Waals surface area contributed by atoms with Crippen molar-refractivity contribution in [3.8, 4) is 0 Å². The van der Waals surface area contributed by atoms with E-state index in [9.17, 15) is 20.1 Å². The first-order valence-corrected chi connectivity index (χ1v) is 18.3. The van der Waals surface area contributed by atoms with Crippen LogP contribution in [0.25, 0.3) is 0 Å². The Hall–Kier alpha value is -0.650. The van der Waals surface area contributed by atoms with Crippen LogP contribution < -0.4 is 5.32 Å². The molecule has 0 fully saturated rings. The van der Waals surface area contributed by atoms with Gasteiger partial charge < -0.3 is 20.6 Å². The fraction of sp³-hybridized carbons (Fsp3) is 0.972. The lowest BCUT2D eigenvalue weighted by atomic mass is 10.0. The lowest BCUT2D eigenvalue weighted by Crippen LogP contribution is -2.49. The quantitative estimate of drug-likeness (QED) is 0.0579. The van der Waals surface area contributed by atoms with E-state index in [0.717, 1.165) is 32.1 Å². The van der Waals surface area contributed by atoms with Crippen molar-refractivity contribution in [2.24, 2.45) is 0 Å². The summed E-state index contributed by atoms with van der Waals surface area (Å²) in [5.41, 5.74) is 0. The molecule has 2 unspecified atom stereocenters. The number of rotatable bonds is 33. The predicted molar refractivity (Wildman–Crippen MR) is 176 cm³/mol. The number of hydrogen-bond donors (Lipinski definition) is 4. The molecule has 0 aliphatic carbocycles. The van der Waals surface area contributed by atoms with E-state index in [1.165, 1.54) is 141 Å². The van der Waals surface area contributed by atoms with E-state index in [1.807, 2.05) is 0 Å². The molecule has 0 aromatic heterocycles. The van der Waals surface area contributed by atoms with Crippen LogP contribution in [-0.2, 0) is 4.79 Å². The number of unbranched alkanes of at least 4 members (excludes halogenated alkanes) is 25. The average molecular weight is 584 g/mol. The van der Waals surface area contributed by atoms with Crippen LogP contribution in [0.3, 0.4) is 0 Å². The van der Waals surface area contributed by atoms with Crippen LogP contribution in [0.2, 0.25) is 0 Å². The molecule has 3 atom stereocenters. The van der Waals surface area contributed by atoms with E-state index in [0.29, 0.717) is 12.8 Å². The molecule has 1 amide bonds. The summed E-state index contributed by atoms with van der Waals surface area (Å²) in [6, 6.07) is -0.703. The van der Waals surface area contributed by atoms with E-state index in [1.54, 1.807) is 0 Å². The van der Waals surface area contributed by atoms with Gasteiger partial charge in [0, 0.05) is 0 Å². The minimum absolute atomic E-state index is 0.309. The van der Waals surface area contributed by atoms with Gasteiger partial charge in [0.15, 0.2) is 0 Å². The fourth-order valence-corrected chi connectivity index (χ4v) is 5.78. The Morgan fingerprint density at radius 1 is 0.488 bits per heavy atom. The van der Waals surface area contributed by atoms with Crippen molar-refractivity contribution in [3.63, 3.8) is 0 Å². The normalized spacial score (nSPS) is 13.8. The average Bonchev–Trinajstić information content (AvgIpc) is 2.98. The highest BCUT2D eigenvalue weighted by atomic mass is 16.3. The van der Waals surface area contributed by atoms with Gasteiger partial charge in [-0.2, -0.15) is 0 Å². The minimum atomic E-state index is -1.06. The Labute approximate surface area is 256 Å². The van der Waals surface area contributed by atoms with Crippen LogP contribution in [0.15, 0.2) is 0 Å². The molecule has 0 rings (SSSR count). The predicted octanol–water partition coefficient (Wildman–Crippen LogP) is 9.54. The molecule has 41 heavy (non-hydrogen) atoms. The Kier molecular flexibility index (Phi) is 31.8. The van der Waals surface area contributed by atoms with Crippen molar-refractivity contribution in [2.45, 2.75) is 218 Å². The molecule has 0 saturated heterocycles. The second-order valence-corrected chi connectivity index (χ2v) is 12.8. The summed E-state index contributed by atoms with van der Waals surface area (Å²) in [5, 5.41) is 33.1. The monoisotopic (exact) mass is 584 g/mol. The molecular formula is C36H73NO4. The maximum Gasteiger partial charge on any atom is 0.249 e. The first-order chi connectivity index (χ1) is 20.1. The zero-order chi connectivity index (χ0) is 30.2. The number of carbonyl (C=O) groups is 1. The smallest absolute Gasteiger partial charge is 0.249 e. The van der Waals surface area contributed by atoms with Crippen LogP contribution in [-0.4, -0.2) is 46.1 Å². The summed E-state index contributed by atoms with van der Waals surface area (Å²) in [4.78, 5) is 12.4. The molecule has 0 heterocycles. The molecule has 0 bridgehead atoms. The molecule has 0 aliphatic heterocycles. The van der Waals surface area contributed by atoms with E-state index in [2.05, 4.69) is 19.2 Å². The Balaban J connectivity index is 3.66. The largest absolute Gasteiger partial charge is 0.394 e. The number of aliphatic hydroxyl groups is 3. The summed E-state index contributed by atoms with van der Waals surface area (Å²) in [6.45, 7) is 4.22. The van der Waals surface area contributed by atoms with Gasteiger partial charge in [0.25, 0.3) is 0 Å². The van der Waals surface area contributed by atoms with Crippen LogP contribution in [0.5, 0.6) is 0 Å². The Bertz CT molecular complexity index is 530. The highest BCUT2D eigenvalue weighted by Gasteiger charge is 2.23. The van der Waals surface area contributed by atoms with E-state index >= 15 is 0 Å². The highest BCUT2D eigenvalue weighted by Crippen LogP contribution is 2.16. The molecule has 4 N–H and O–H groups in total. The second kappa shape index (κ2) is 32.3. The SMILES string of the molecule is CCCCCCCCCCCCCCCCC(O)C(=O)N[C@@H](CO)C(O)CCCCCCCCCCCCCCC. The molecule has 0 radical (unpaired) electrons. The molecule has 0 aliphatic rings. The minimum Gasteiger partial charge on any atom is -0.394 e. The van der Waals surface area contributed by atoms with Crippen LogP contribution >= 0.6 is 0 Å². The lowest BCUT2D eigenvalue weighted by molar-refractivity contribution is -0.131. The van der Waals surface area contributed by atoms with E-state index in [-0.39, 0.29) is 6.61 Å². The van der Waals surface area contributed by atoms with Gasteiger partial charge in [0.05, 0.1) is 18.8 Å². The molecule has 5 nitrogen and oxygen atoms in total. The number of aliphatic hydroxyl groups excluding tert-OH is 3. The van der Waals surface area contributed by atoms with Gasteiger partial charge in [-0.15, -0.1) is 0 Å². The number of carbonyl (C=O) groups excluding carboxylic acids is 1. The zero-order valence-electron chi connectivity index (χ0n) is 27.7. The molecule has 246 valence electrons. The topological polar surface area (TPSA) is 89.8 Å². The molecular weight excluding hydrogens is 510 g/mol. The maximum absolute atomic E-state index is 12.4. The van der Waals surface area contributed by atoms with Gasteiger partial charge in [0.2, 0.25) is 5.91 Å². The summed E-state index contributed by atoms with van der Waals surface area (Å²) in [6.07, 6.45) is 33.6. The number of amides is 1. The van der Waals surface area contributed by atoms with Crippen molar-refractivity contribution >= 4 is 5.91 Å². The molecule has 0 aromatic rings. The first kappa shape index (κ1) is 40.4. The van der Waals surface area contributed by atoms with Gasteiger partial charge in [-0.25, -0.2) is 0 Å². The Morgan fingerprint density at radius 3 is 1.10 bits per heavy atom. The summed E-state index contributed by atoms with van der Waals surface area (Å²) >= 11 is 0. The Morgan fingerprint density at radius 2 is 0.780 bits per heavy atom. The van der Waals surface area contributed by atoms with Crippen LogP contribution in [0.4, 0.5) is 0 Å². The molecule has 0 spiro atoms. The van der Waals surface area contributed by atoms with Crippen molar-refractivity contribution in [1.82, 2.24) is 5.32 Å². The molecule has 5 heteroatoms. The maximum atomic E-state index is 12.4. The zero-order valence-corrected chi connectivity index (χ0v) is 27.7.